The molecule has 0 amide bonds. The van der Waals surface area contributed by atoms with Crippen molar-refractivity contribution in [3.8, 4) is 0 Å². The highest BCUT2D eigenvalue weighted by Gasteiger charge is 2.37. The van der Waals surface area contributed by atoms with Crippen molar-refractivity contribution in [2.75, 3.05) is 6.61 Å². The Morgan fingerprint density at radius 2 is 1.80 bits per heavy atom. The van der Waals surface area contributed by atoms with Crippen molar-refractivity contribution < 1.29 is 4.74 Å². The summed E-state index contributed by atoms with van der Waals surface area (Å²) in [4.78, 5) is 4.83. The summed E-state index contributed by atoms with van der Waals surface area (Å²) in [5, 5.41) is 0.734. The highest BCUT2D eigenvalue weighted by molar-refractivity contribution is 6.30. The van der Waals surface area contributed by atoms with Crippen LogP contribution in [-0.2, 0) is 10.3 Å². The Balaban J connectivity index is 2.15. The molecule has 0 N–H and O–H groups in total. The highest BCUT2D eigenvalue weighted by Crippen LogP contribution is 2.41. The summed E-state index contributed by atoms with van der Waals surface area (Å²) < 4.78 is 5.69. The Labute approximate surface area is 124 Å². The van der Waals surface area contributed by atoms with Crippen LogP contribution in [0.15, 0.2) is 53.5 Å². The molecule has 1 aliphatic rings. The van der Waals surface area contributed by atoms with E-state index in [2.05, 4.69) is 19.1 Å². The van der Waals surface area contributed by atoms with E-state index in [4.69, 9.17) is 21.3 Å². The summed E-state index contributed by atoms with van der Waals surface area (Å²) in [6.45, 7) is 4.70. The van der Waals surface area contributed by atoms with Crippen molar-refractivity contribution in [3.63, 3.8) is 0 Å². The second-order valence-corrected chi connectivity index (χ2v) is 5.41. The van der Waals surface area contributed by atoms with E-state index in [1.807, 2.05) is 43.3 Å². The lowest BCUT2D eigenvalue weighted by Gasteiger charge is -2.22. The van der Waals surface area contributed by atoms with Crippen LogP contribution in [0, 0.1) is 0 Å². The fourth-order valence-electron chi connectivity index (χ4n) is 2.66. The molecule has 102 valence electrons. The van der Waals surface area contributed by atoms with Gasteiger partial charge in [-0.15, -0.1) is 0 Å². The van der Waals surface area contributed by atoms with E-state index in [1.54, 1.807) is 0 Å². The molecule has 1 heterocycles. The van der Waals surface area contributed by atoms with Gasteiger partial charge in [0.2, 0.25) is 5.90 Å². The van der Waals surface area contributed by atoms with E-state index in [9.17, 15) is 0 Å². The number of aliphatic imine (C=N–C) groups is 1. The molecule has 0 spiro atoms. The van der Waals surface area contributed by atoms with Crippen molar-refractivity contribution >= 4 is 17.5 Å². The molecule has 0 fully saturated rings. The molecule has 0 bridgehead atoms. The van der Waals surface area contributed by atoms with Crippen molar-refractivity contribution in [3.05, 3.63) is 70.2 Å². The Morgan fingerprint density at radius 3 is 2.50 bits per heavy atom. The van der Waals surface area contributed by atoms with E-state index in [1.165, 1.54) is 5.56 Å². The first-order valence-electron chi connectivity index (χ1n) is 6.73. The molecule has 2 nitrogen and oxygen atoms in total. The van der Waals surface area contributed by atoms with Gasteiger partial charge in [0.25, 0.3) is 0 Å². The minimum atomic E-state index is -0.411. The molecule has 0 saturated carbocycles. The van der Waals surface area contributed by atoms with Crippen molar-refractivity contribution in [1.82, 2.24) is 0 Å². The van der Waals surface area contributed by atoms with Gasteiger partial charge in [-0.25, -0.2) is 4.99 Å². The van der Waals surface area contributed by atoms with Crippen LogP contribution in [0.2, 0.25) is 5.02 Å². The second kappa shape index (κ2) is 4.95. The Hall–Kier alpha value is -1.80. The van der Waals surface area contributed by atoms with Crippen molar-refractivity contribution in [2.45, 2.75) is 19.4 Å². The van der Waals surface area contributed by atoms with E-state index < -0.39 is 5.54 Å². The van der Waals surface area contributed by atoms with Crippen LogP contribution >= 0.6 is 11.6 Å². The molecule has 3 rings (SSSR count). The van der Waals surface area contributed by atoms with Gasteiger partial charge >= 0.3 is 0 Å². The zero-order chi connectivity index (χ0) is 14.2. The minimum Gasteiger partial charge on any atom is -0.478 e. The van der Waals surface area contributed by atoms with Crippen LogP contribution in [-0.4, -0.2) is 12.5 Å². The van der Waals surface area contributed by atoms with E-state index >= 15 is 0 Å². The van der Waals surface area contributed by atoms with Gasteiger partial charge < -0.3 is 4.74 Å². The second-order valence-electron chi connectivity index (χ2n) is 4.97. The third-order valence-corrected chi connectivity index (χ3v) is 3.95. The van der Waals surface area contributed by atoms with Gasteiger partial charge in [-0.05, 0) is 43.2 Å². The number of hydrogen-bond acceptors (Lipinski definition) is 2. The predicted octanol–water partition coefficient (Wildman–Crippen LogP) is 4.40. The van der Waals surface area contributed by atoms with Gasteiger partial charge in [-0.3, -0.25) is 0 Å². The third-order valence-electron chi connectivity index (χ3n) is 3.69. The number of nitrogens with zero attached hydrogens (tertiary/aromatic N) is 1. The van der Waals surface area contributed by atoms with E-state index in [0.717, 1.165) is 22.0 Å². The SMILES string of the molecule is CCOC1=N[C@@](C)(c2ccc(Cl)cc2)c2ccccc21. The molecule has 1 atom stereocenters. The number of ether oxygens (including phenoxy) is 1. The number of halogens is 1. The summed E-state index contributed by atoms with van der Waals surface area (Å²) in [5.74, 6) is 0.723. The predicted molar refractivity (Wildman–Crippen MR) is 82.5 cm³/mol. The van der Waals surface area contributed by atoms with Crippen LogP contribution in [0.3, 0.4) is 0 Å². The summed E-state index contributed by atoms with van der Waals surface area (Å²) in [6.07, 6.45) is 0. The molecular weight excluding hydrogens is 270 g/mol. The molecule has 3 heteroatoms. The van der Waals surface area contributed by atoms with Crippen LogP contribution < -0.4 is 0 Å². The molecule has 2 aromatic carbocycles. The Kier molecular flexibility index (Phi) is 3.27. The lowest BCUT2D eigenvalue weighted by Crippen LogP contribution is -2.18. The zero-order valence-corrected chi connectivity index (χ0v) is 12.3. The first kappa shape index (κ1) is 13.2. The number of hydrogen-bond donors (Lipinski definition) is 0. The molecule has 0 aliphatic carbocycles. The molecule has 2 aromatic rings. The lowest BCUT2D eigenvalue weighted by atomic mass is 9.85. The first-order chi connectivity index (χ1) is 9.65. The van der Waals surface area contributed by atoms with Crippen LogP contribution in [0.25, 0.3) is 0 Å². The summed E-state index contributed by atoms with van der Waals surface area (Å²) in [7, 11) is 0. The Bertz CT molecular complexity index is 663. The van der Waals surface area contributed by atoms with Crippen molar-refractivity contribution in [2.24, 2.45) is 4.99 Å². The number of fused-ring (bicyclic) bond motifs is 1. The van der Waals surface area contributed by atoms with E-state index in [0.29, 0.717) is 6.61 Å². The Morgan fingerprint density at radius 1 is 1.10 bits per heavy atom. The minimum absolute atomic E-state index is 0.411. The summed E-state index contributed by atoms with van der Waals surface area (Å²) in [6, 6.07) is 16.1. The molecule has 20 heavy (non-hydrogen) atoms. The van der Waals surface area contributed by atoms with Crippen LogP contribution in [0.5, 0.6) is 0 Å². The fourth-order valence-corrected chi connectivity index (χ4v) is 2.78. The maximum Gasteiger partial charge on any atom is 0.217 e. The fraction of sp³-hybridized carbons (Fsp3) is 0.235. The van der Waals surface area contributed by atoms with Crippen LogP contribution in [0.4, 0.5) is 0 Å². The number of benzene rings is 2. The van der Waals surface area contributed by atoms with Crippen molar-refractivity contribution in [1.29, 1.82) is 0 Å². The van der Waals surface area contributed by atoms with Gasteiger partial charge in [0.05, 0.1) is 6.61 Å². The standard InChI is InChI=1S/C17H16ClNO/c1-3-20-16-14-6-4-5-7-15(14)17(2,19-16)12-8-10-13(18)11-9-12/h4-11H,3H2,1-2H3/t17-/m0/s1. The van der Waals surface area contributed by atoms with Gasteiger partial charge in [-0.2, -0.15) is 0 Å². The van der Waals surface area contributed by atoms with Gasteiger partial charge in [0.15, 0.2) is 0 Å². The van der Waals surface area contributed by atoms with Gasteiger partial charge in [-0.1, -0.05) is 41.9 Å². The molecule has 0 saturated heterocycles. The normalized spacial score (nSPS) is 20.4. The topological polar surface area (TPSA) is 21.6 Å². The summed E-state index contributed by atoms with van der Waals surface area (Å²) in [5.41, 5.74) is 2.95. The maximum absolute atomic E-state index is 5.98. The molecular formula is C17H16ClNO. The maximum atomic E-state index is 5.98. The molecule has 1 aliphatic heterocycles. The quantitative estimate of drug-likeness (QED) is 0.801. The zero-order valence-electron chi connectivity index (χ0n) is 11.6. The molecule has 0 unspecified atom stereocenters. The van der Waals surface area contributed by atoms with Gasteiger partial charge in [0, 0.05) is 10.6 Å². The highest BCUT2D eigenvalue weighted by atomic mass is 35.5. The molecule has 0 radical (unpaired) electrons. The smallest absolute Gasteiger partial charge is 0.217 e. The monoisotopic (exact) mass is 285 g/mol. The van der Waals surface area contributed by atoms with Gasteiger partial charge in [0.1, 0.15) is 5.54 Å². The largest absolute Gasteiger partial charge is 0.478 e. The number of rotatable bonds is 2. The van der Waals surface area contributed by atoms with E-state index in [-0.39, 0.29) is 0 Å². The third kappa shape index (κ3) is 2.01. The lowest BCUT2D eigenvalue weighted by molar-refractivity contribution is 0.326. The summed E-state index contributed by atoms with van der Waals surface area (Å²) >= 11 is 5.98. The average molecular weight is 286 g/mol. The average Bonchev–Trinajstić information content (AvgIpc) is 2.75. The van der Waals surface area contributed by atoms with Crippen LogP contribution in [0.1, 0.15) is 30.5 Å². The molecule has 0 aromatic heterocycles. The first-order valence-corrected chi connectivity index (χ1v) is 7.11.